The van der Waals surface area contributed by atoms with Gasteiger partial charge in [0.2, 0.25) is 0 Å². The Morgan fingerprint density at radius 3 is 2.70 bits per heavy atom. The molecule has 1 heterocycles. The molecule has 0 radical (unpaired) electrons. The Balaban J connectivity index is 2.03. The maximum absolute atomic E-state index is 12.4. The number of nitrogens with one attached hydrogen (secondary N) is 1. The van der Waals surface area contributed by atoms with Crippen LogP contribution < -0.4 is 10.1 Å². The first-order valence-electron chi connectivity index (χ1n) is 6.01. The molecule has 20 heavy (non-hydrogen) atoms. The molecule has 2 aromatic carbocycles. The zero-order valence-corrected chi connectivity index (χ0v) is 11.1. The van der Waals surface area contributed by atoms with Crippen molar-refractivity contribution in [3.63, 3.8) is 0 Å². The molecular formula is C15H10ClNO3. The first-order chi connectivity index (χ1) is 9.65. The number of halogens is 1. The summed E-state index contributed by atoms with van der Waals surface area (Å²) in [6.07, 6.45) is 0. The lowest BCUT2D eigenvalue weighted by molar-refractivity contribution is -0.118. The van der Waals surface area contributed by atoms with Crippen LogP contribution in [0.4, 0.5) is 5.69 Å². The van der Waals surface area contributed by atoms with Crippen LogP contribution >= 0.6 is 11.6 Å². The van der Waals surface area contributed by atoms with Gasteiger partial charge in [-0.3, -0.25) is 9.59 Å². The summed E-state index contributed by atoms with van der Waals surface area (Å²) >= 11 is 6.13. The predicted molar refractivity (Wildman–Crippen MR) is 75.5 cm³/mol. The van der Waals surface area contributed by atoms with E-state index in [0.717, 1.165) is 0 Å². The fraction of sp³-hybridized carbons (Fsp3) is 0.0667. The van der Waals surface area contributed by atoms with E-state index >= 15 is 0 Å². The summed E-state index contributed by atoms with van der Waals surface area (Å²) in [6.45, 7) is -0.0619. The highest BCUT2D eigenvalue weighted by molar-refractivity contribution is 6.35. The van der Waals surface area contributed by atoms with Gasteiger partial charge in [-0.25, -0.2) is 0 Å². The summed E-state index contributed by atoms with van der Waals surface area (Å²) in [5.41, 5.74) is 1.39. The third-order valence-corrected chi connectivity index (χ3v) is 3.30. The minimum Gasteiger partial charge on any atom is -0.482 e. The van der Waals surface area contributed by atoms with Crippen LogP contribution in [0.25, 0.3) is 0 Å². The minimum atomic E-state index is -0.240. The van der Waals surface area contributed by atoms with Gasteiger partial charge in [-0.05, 0) is 12.1 Å². The van der Waals surface area contributed by atoms with E-state index in [2.05, 4.69) is 5.32 Å². The maximum atomic E-state index is 12.4. The van der Waals surface area contributed by atoms with Crippen LogP contribution in [0.5, 0.6) is 5.75 Å². The Morgan fingerprint density at radius 2 is 1.95 bits per heavy atom. The molecule has 0 aromatic heterocycles. The van der Waals surface area contributed by atoms with Gasteiger partial charge in [0.05, 0.1) is 10.7 Å². The van der Waals surface area contributed by atoms with Crippen LogP contribution in [-0.4, -0.2) is 18.3 Å². The lowest BCUT2D eigenvalue weighted by Gasteiger charge is -2.19. The molecule has 0 saturated carbocycles. The molecule has 1 N–H and O–H groups in total. The van der Waals surface area contributed by atoms with E-state index in [1.165, 1.54) is 6.07 Å². The van der Waals surface area contributed by atoms with Gasteiger partial charge in [-0.15, -0.1) is 0 Å². The topological polar surface area (TPSA) is 55.4 Å². The van der Waals surface area contributed by atoms with Gasteiger partial charge < -0.3 is 10.1 Å². The van der Waals surface area contributed by atoms with Gasteiger partial charge in [0.1, 0.15) is 5.75 Å². The summed E-state index contributed by atoms with van der Waals surface area (Å²) in [4.78, 5) is 23.6. The van der Waals surface area contributed by atoms with Crippen LogP contribution in [0.2, 0.25) is 5.02 Å². The monoisotopic (exact) mass is 287 g/mol. The molecule has 0 atom stereocenters. The van der Waals surface area contributed by atoms with E-state index in [4.69, 9.17) is 16.3 Å². The number of rotatable bonds is 2. The molecule has 3 rings (SSSR count). The lowest BCUT2D eigenvalue weighted by Crippen LogP contribution is -2.25. The SMILES string of the molecule is O=C1COc2cc(C(=O)c3ccccc3)c(Cl)cc2N1. The number of anilines is 1. The molecule has 0 unspecified atom stereocenters. The van der Waals surface area contributed by atoms with Crippen molar-refractivity contribution in [1.82, 2.24) is 0 Å². The van der Waals surface area contributed by atoms with Crippen molar-refractivity contribution < 1.29 is 14.3 Å². The van der Waals surface area contributed by atoms with Crippen LogP contribution in [0.3, 0.4) is 0 Å². The lowest BCUT2D eigenvalue weighted by atomic mass is 10.0. The average Bonchev–Trinajstić information content (AvgIpc) is 2.46. The molecule has 0 aliphatic carbocycles. The number of ether oxygens (including phenoxy) is 1. The normalized spacial score (nSPS) is 13.2. The Hall–Kier alpha value is -2.33. The van der Waals surface area contributed by atoms with Crippen molar-refractivity contribution in [2.75, 3.05) is 11.9 Å². The van der Waals surface area contributed by atoms with Crippen molar-refractivity contribution in [3.05, 3.63) is 58.6 Å². The molecular weight excluding hydrogens is 278 g/mol. The number of ketones is 1. The minimum absolute atomic E-state index is 0.0619. The number of carbonyl (C=O) groups is 2. The Morgan fingerprint density at radius 1 is 1.20 bits per heavy atom. The zero-order chi connectivity index (χ0) is 14.1. The van der Waals surface area contributed by atoms with Gasteiger partial charge >= 0.3 is 0 Å². The second-order valence-corrected chi connectivity index (χ2v) is 4.77. The van der Waals surface area contributed by atoms with Crippen LogP contribution in [0, 0.1) is 0 Å². The zero-order valence-electron chi connectivity index (χ0n) is 10.4. The second-order valence-electron chi connectivity index (χ2n) is 4.36. The molecule has 2 aromatic rings. The Kier molecular flexibility index (Phi) is 3.16. The number of carbonyl (C=O) groups excluding carboxylic acids is 2. The summed E-state index contributed by atoms with van der Waals surface area (Å²) in [7, 11) is 0. The van der Waals surface area contributed by atoms with E-state index < -0.39 is 0 Å². The van der Waals surface area contributed by atoms with Crippen LogP contribution in [0.1, 0.15) is 15.9 Å². The number of amides is 1. The van der Waals surface area contributed by atoms with Crippen molar-refractivity contribution >= 4 is 29.0 Å². The fourth-order valence-corrected chi connectivity index (χ4v) is 2.27. The number of fused-ring (bicyclic) bond motifs is 1. The van der Waals surface area contributed by atoms with E-state index in [1.54, 1.807) is 30.3 Å². The van der Waals surface area contributed by atoms with Gasteiger partial charge in [0, 0.05) is 11.1 Å². The first kappa shape index (κ1) is 12.7. The molecule has 1 aliphatic rings. The van der Waals surface area contributed by atoms with E-state index in [1.807, 2.05) is 6.07 Å². The van der Waals surface area contributed by atoms with Gasteiger partial charge in [0.25, 0.3) is 5.91 Å². The van der Waals surface area contributed by atoms with Crippen molar-refractivity contribution in [2.45, 2.75) is 0 Å². The molecule has 1 aliphatic heterocycles. The van der Waals surface area contributed by atoms with E-state index in [-0.39, 0.29) is 23.3 Å². The quantitative estimate of drug-likeness (QED) is 0.864. The highest BCUT2D eigenvalue weighted by Gasteiger charge is 2.21. The van der Waals surface area contributed by atoms with Crippen molar-refractivity contribution in [1.29, 1.82) is 0 Å². The largest absolute Gasteiger partial charge is 0.482 e. The third-order valence-electron chi connectivity index (χ3n) is 2.98. The van der Waals surface area contributed by atoms with Crippen molar-refractivity contribution in [2.24, 2.45) is 0 Å². The summed E-state index contributed by atoms with van der Waals surface area (Å²) in [6, 6.07) is 12.0. The first-order valence-corrected chi connectivity index (χ1v) is 6.39. The molecule has 5 heteroatoms. The standard InChI is InChI=1S/C15H10ClNO3/c16-11-7-12-13(20-8-14(18)17-12)6-10(11)15(19)9-4-2-1-3-5-9/h1-7H,8H2,(H,17,18). The van der Waals surface area contributed by atoms with Gasteiger partial charge in [0.15, 0.2) is 12.4 Å². The van der Waals surface area contributed by atoms with E-state index in [9.17, 15) is 9.59 Å². The molecule has 4 nitrogen and oxygen atoms in total. The van der Waals surface area contributed by atoms with Gasteiger partial charge in [-0.1, -0.05) is 41.9 Å². The molecule has 0 fully saturated rings. The smallest absolute Gasteiger partial charge is 0.262 e. The Labute approximate surface area is 120 Å². The Bertz CT molecular complexity index is 698. The molecule has 0 saturated heterocycles. The molecule has 0 bridgehead atoms. The summed E-state index contributed by atoms with van der Waals surface area (Å²) < 4.78 is 5.29. The highest BCUT2D eigenvalue weighted by Crippen LogP contribution is 2.34. The maximum Gasteiger partial charge on any atom is 0.262 e. The molecule has 0 spiro atoms. The van der Waals surface area contributed by atoms with Crippen LogP contribution in [-0.2, 0) is 4.79 Å². The number of hydrogen-bond acceptors (Lipinski definition) is 3. The predicted octanol–water partition coefficient (Wildman–Crippen LogP) is 2.90. The average molecular weight is 288 g/mol. The number of hydrogen-bond donors (Lipinski definition) is 1. The van der Waals surface area contributed by atoms with Crippen LogP contribution in [0.15, 0.2) is 42.5 Å². The van der Waals surface area contributed by atoms with Crippen molar-refractivity contribution in [3.8, 4) is 5.75 Å². The van der Waals surface area contributed by atoms with E-state index in [0.29, 0.717) is 22.6 Å². The molecule has 1 amide bonds. The fourth-order valence-electron chi connectivity index (χ4n) is 2.02. The number of benzene rings is 2. The summed E-state index contributed by atoms with van der Waals surface area (Å²) in [5, 5.41) is 2.93. The summed E-state index contributed by atoms with van der Waals surface area (Å²) in [5.74, 6) is 0.0304. The third kappa shape index (κ3) is 2.26. The highest BCUT2D eigenvalue weighted by atomic mass is 35.5. The second kappa shape index (κ2) is 4.98. The van der Waals surface area contributed by atoms with Gasteiger partial charge in [-0.2, -0.15) is 0 Å². The molecule has 100 valence electrons.